The average molecular weight is 1800 g/mol. The summed E-state index contributed by atoms with van der Waals surface area (Å²) >= 11 is 11.1. The quantitative estimate of drug-likeness (QED) is 0.0171. The standard InChI is InChI=1S/C18H18O2.C17H20.C11H14O2.C10H14O2S.C10H14.C9H20O2Si.C8H16O2.C7H12Cl2O2.C7H12O2.C5H7F3O/c1-12(2)18(19)20-11-17-15-9-5-3-7-13(15)14-8-4-6-10-16(14)17;1-14(2)17(3,15-10-6-4-7-11-15)16-12-8-5-9-13-16;1-9(2)11(12)13-8-10-6-4-3-5-7-10;1-8(2)13(11,12)10-6-4-9(3)5-7-10;1-9(2)8-10-6-4-3-5-7-10;1-8(2)9(10)11-6-7-12(3,4)5;1-6(2)7(9)10-8(3,4)5;1-5(2)6(10)11-4-7(3,8)9;1-4-5-9-7(8)6(2)3;1-3(2)4(9)5(6,7)8/h3-10,12,17H,11H2,1-2H3;4-14H,1-3H3;3-7,9H,8H2,1-2H3;4-8H,1-3H3;3-7,9H,8H2,1-2H3;8H,6-7H2,1-5H3;6H,1-5H3;5H,4H2,1-3H3;4,6H,1,5H2,2-3H3;3H,1-2H3. The topological polar surface area (TPSA) is 209 Å². The van der Waals surface area contributed by atoms with Crippen molar-refractivity contribution in [3.63, 3.8) is 0 Å². The molecule has 0 spiro atoms. The van der Waals surface area contributed by atoms with Crippen LogP contribution in [0, 0.1) is 60.2 Å². The number of sulfone groups is 1. The third-order valence-electron chi connectivity index (χ3n) is 17.9. The molecule has 124 heavy (non-hydrogen) atoms. The summed E-state index contributed by atoms with van der Waals surface area (Å²) in [6.45, 7) is 60.2. The van der Waals surface area contributed by atoms with E-state index in [0.29, 0.717) is 37.2 Å². The number of rotatable bonds is 25. The molecule has 690 valence electrons. The van der Waals surface area contributed by atoms with Gasteiger partial charge in [-0.2, -0.15) is 13.2 Å². The van der Waals surface area contributed by atoms with Crippen molar-refractivity contribution in [3.8, 4) is 11.1 Å². The lowest BCUT2D eigenvalue weighted by atomic mass is 9.68. The highest BCUT2D eigenvalue weighted by Crippen LogP contribution is 2.45. The number of halogens is 5. The van der Waals surface area contributed by atoms with Gasteiger partial charge in [-0.1, -0.05) is 375 Å². The zero-order chi connectivity index (χ0) is 95.7. The van der Waals surface area contributed by atoms with Gasteiger partial charge in [-0.25, -0.2) is 8.42 Å². The molecule has 7 aromatic rings. The monoisotopic (exact) mass is 1800 g/mol. The molecule has 15 nitrogen and oxygen atoms in total. The van der Waals surface area contributed by atoms with Gasteiger partial charge < -0.3 is 28.4 Å². The Morgan fingerprint density at radius 1 is 0.452 bits per heavy atom. The molecule has 0 aliphatic heterocycles. The van der Waals surface area contributed by atoms with E-state index in [1.165, 1.54) is 59.2 Å². The Balaban J connectivity index is 0. The highest BCUT2D eigenvalue weighted by atomic mass is 35.5. The van der Waals surface area contributed by atoms with E-state index < -0.39 is 40.1 Å². The molecule has 0 unspecified atom stereocenters. The molecule has 0 N–H and O–H groups in total. The molecule has 0 aromatic heterocycles. The SMILES string of the molecule is C=CCOC(=O)C(C)C.CC(C)C(=O)C(F)(F)F.CC(C)C(=O)OC(C)(C)C.CC(C)C(=O)OCC(C)(Cl)Cl.CC(C)C(=O)OCC1c2ccccc2-c2ccccc21.CC(C)C(=O)OCC[Si](C)(C)C.CC(C)C(=O)OCc1ccccc1.CC(C)C(C)(c1ccccc1)c1ccccc1.CC(C)Cc1ccccc1.Cc1ccc(S(=O)(=O)C(C)C)cc1. The number of ketones is 1. The Morgan fingerprint density at radius 3 is 1.13 bits per heavy atom. The van der Waals surface area contributed by atoms with Gasteiger partial charge in [-0.05, 0) is 129 Å². The van der Waals surface area contributed by atoms with Crippen LogP contribution in [0.15, 0.2) is 212 Å². The van der Waals surface area contributed by atoms with E-state index in [-0.39, 0.29) is 100 Å². The highest BCUT2D eigenvalue weighted by molar-refractivity contribution is 7.92. The van der Waals surface area contributed by atoms with Crippen LogP contribution < -0.4 is 0 Å². The fourth-order valence-electron chi connectivity index (χ4n) is 10.2. The first-order valence-electron chi connectivity index (χ1n) is 42.6. The molecule has 0 fully saturated rings. The molecule has 1 aliphatic rings. The van der Waals surface area contributed by atoms with Gasteiger partial charge in [0.1, 0.15) is 36.4 Å². The predicted molar refractivity (Wildman–Crippen MR) is 506 cm³/mol. The van der Waals surface area contributed by atoms with Crippen molar-refractivity contribution in [2.24, 2.45) is 53.3 Å². The zero-order valence-corrected chi connectivity index (χ0v) is 82.8. The number of hydrogen-bond acceptors (Lipinski definition) is 15. The van der Waals surface area contributed by atoms with Crippen molar-refractivity contribution in [1.29, 1.82) is 0 Å². The maximum atomic E-state index is 11.7. The average Bonchev–Trinajstić information content (AvgIpc) is 1.48. The summed E-state index contributed by atoms with van der Waals surface area (Å²) in [7, 11) is -4.13. The van der Waals surface area contributed by atoms with Crippen molar-refractivity contribution in [3.05, 3.63) is 246 Å². The number of esters is 6. The van der Waals surface area contributed by atoms with Gasteiger partial charge in [0.15, 0.2) is 9.84 Å². The smallest absolute Gasteiger partial charge is 0.450 e. The lowest BCUT2D eigenvalue weighted by Gasteiger charge is -2.35. The summed E-state index contributed by atoms with van der Waals surface area (Å²) in [5.74, 6) is -2.40. The second kappa shape index (κ2) is 59.3. The fourth-order valence-corrected chi connectivity index (χ4v) is 12.1. The van der Waals surface area contributed by atoms with E-state index in [0.717, 1.165) is 23.1 Å². The highest BCUT2D eigenvalue weighted by Gasteiger charge is 2.40. The minimum atomic E-state index is -4.66. The maximum Gasteiger partial charge on any atom is 0.450 e. The third kappa shape index (κ3) is 51.1. The van der Waals surface area contributed by atoms with E-state index >= 15 is 0 Å². The Bertz CT molecular complexity index is 4220. The van der Waals surface area contributed by atoms with Crippen LogP contribution in [0.4, 0.5) is 13.2 Å². The number of benzene rings is 7. The molecular formula is C102H147Cl2F3O15SSi. The minimum absolute atomic E-state index is 0.00614. The molecule has 1 aliphatic carbocycles. The first-order valence-corrected chi connectivity index (χ1v) is 48.6. The van der Waals surface area contributed by atoms with Crippen LogP contribution in [0.1, 0.15) is 218 Å². The summed E-state index contributed by atoms with van der Waals surface area (Å²) < 4.78 is 86.5. The first kappa shape index (κ1) is 117. The van der Waals surface area contributed by atoms with Crippen LogP contribution in [-0.4, -0.2) is 106 Å². The van der Waals surface area contributed by atoms with Crippen molar-refractivity contribution in [2.75, 3.05) is 26.4 Å². The number of fused-ring (bicyclic) bond motifs is 3. The lowest BCUT2D eigenvalue weighted by Crippen LogP contribution is -2.29. The Labute approximate surface area is 754 Å². The van der Waals surface area contributed by atoms with Crippen molar-refractivity contribution < 1.29 is 83.6 Å². The number of ether oxygens (including phenoxy) is 6. The molecule has 0 amide bonds. The van der Waals surface area contributed by atoms with E-state index in [9.17, 15) is 55.2 Å². The predicted octanol–water partition coefficient (Wildman–Crippen LogP) is 26.1. The second-order valence-corrected chi connectivity index (χ2v) is 45.6. The second-order valence-electron chi connectivity index (χ2n) is 35.6. The fraction of sp³-hybridized carbons (Fsp3) is 0.500. The summed E-state index contributed by atoms with van der Waals surface area (Å²) in [6.07, 6.45) is -1.91. The van der Waals surface area contributed by atoms with Crippen LogP contribution in [-0.2, 0) is 90.3 Å². The van der Waals surface area contributed by atoms with Gasteiger partial charge in [0.25, 0.3) is 0 Å². The Kier molecular flexibility index (Phi) is 56.1. The van der Waals surface area contributed by atoms with Crippen LogP contribution in [0.3, 0.4) is 0 Å². The molecule has 0 heterocycles. The van der Waals surface area contributed by atoms with Gasteiger partial charge in [0.05, 0.1) is 52.3 Å². The van der Waals surface area contributed by atoms with E-state index in [1.54, 1.807) is 66.7 Å². The van der Waals surface area contributed by atoms with Crippen LogP contribution in [0.2, 0.25) is 25.7 Å². The molecule has 8 rings (SSSR count). The van der Waals surface area contributed by atoms with Crippen LogP contribution in [0.25, 0.3) is 11.1 Å². The largest absolute Gasteiger partial charge is 0.466 e. The molecule has 0 bridgehead atoms. The van der Waals surface area contributed by atoms with Gasteiger partial charge in [-0.15, -0.1) is 0 Å². The molecule has 22 heteroatoms. The zero-order valence-electron chi connectivity index (χ0n) is 79.5. The van der Waals surface area contributed by atoms with Crippen molar-refractivity contribution in [2.45, 2.75) is 256 Å². The van der Waals surface area contributed by atoms with Gasteiger partial charge in [0.2, 0.25) is 5.78 Å². The summed E-state index contributed by atoms with van der Waals surface area (Å²) in [5.41, 5.74) is 11.1. The molecule has 7 aromatic carbocycles. The molecule has 0 saturated carbocycles. The van der Waals surface area contributed by atoms with E-state index in [1.807, 2.05) is 138 Å². The lowest BCUT2D eigenvalue weighted by molar-refractivity contribution is -0.174. The summed E-state index contributed by atoms with van der Waals surface area (Å²) in [5, 5.41) is -0.352. The Hall–Kier alpha value is -8.69. The first-order chi connectivity index (χ1) is 57.3. The molecule has 0 atom stereocenters. The molecular weight excluding hydrogens is 1650 g/mol. The van der Waals surface area contributed by atoms with E-state index in [4.69, 9.17) is 51.6 Å². The van der Waals surface area contributed by atoms with Crippen molar-refractivity contribution in [1.82, 2.24) is 0 Å². The number of Topliss-reactive ketones (excluding diaryl/α,β-unsaturated/α-hetero) is 1. The normalized spacial score (nSPS) is 11.6. The van der Waals surface area contributed by atoms with Crippen LogP contribution >= 0.6 is 23.2 Å². The van der Waals surface area contributed by atoms with E-state index in [2.05, 4.69) is 188 Å². The number of aryl methyl sites for hydroxylation is 1. The number of carbonyl (C=O) groups excluding carboxylic acids is 7. The molecule has 0 radical (unpaired) electrons. The van der Waals surface area contributed by atoms with Gasteiger partial charge in [-0.3, -0.25) is 33.6 Å². The Morgan fingerprint density at radius 2 is 0.806 bits per heavy atom. The number of alkyl halides is 5. The number of hydrogen-bond donors (Lipinski definition) is 0. The van der Waals surface area contributed by atoms with Crippen LogP contribution in [0.5, 0.6) is 0 Å². The number of carbonyl (C=O) groups is 7. The maximum absolute atomic E-state index is 11.7. The summed E-state index contributed by atoms with van der Waals surface area (Å²) in [4.78, 5) is 76.7. The van der Waals surface area contributed by atoms with Crippen molar-refractivity contribution >= 4 is 82.7 Å². The van der Waals surface area contributed by atoms with Gasteiger partial charge >= 0.3 is 42.0 Å². The molecule has 0 saturated heterocycles. The summed E-state index contributed by atoms with van der Waals surface area (Å²) in [6, 6.07) is 66.6. The minimum Gasteiger partial charge on any atom is -0.466 e. The third-order valence-corrected chi connectivity index (χ3v) is 22.0. The van der Waals surface area contributed by atoms with Gasteiger partial charge in [0, 0.05) is 25.3 Å².